The van der Waals surface area contributed by atoms with Crippen molar-refractivity contribution in [2.24, 2.45) is 0 Å². The quantitative estimate of drug-likeness (QED) is 0.791. The third-order valence-corrected chi connectivity index (χ3v) is 3.04. The van der Waals surface area contributed by atoms with Crippen LogP contribution >= 0.6 is 0 Å². The maximum absolute atomic E-state index is 11.2. The van der Waals surface area contributed by atoms with Gasteiger partial charge in [-0.1, -0.05) is 26.0 Å². The molecule has 0 unspecified atom stereocenters. The number of rotatable bonds is 3. The van der Waals surface area contributed by atoms with E-state index in [0.29, 0.717) is 28.6 Å². The van der Waals surface area contributed by atoms with Gasteiger partial charge >= 0.3 is 5.76 Å². The summed E-state index contributed by atoms with van der Waals surface area (Å²) in [5.41, 5.74) is 1.89. The van der Waals surface area contributed by atoms with Gasteiger partial charge in [-0.05, 0) is 23.6 Å². The highest BCUT2D eigenvalue weighted by molar-refractivity contribution is 5.75. The normalized spacial score (nSPS) is 11.2. The molecule has 2 heterocycles. The van der Waals surface area contributed by atoms with E-state index in [1.54, 1.807) is 12.3 Å². The van der Waals surface area contributed by atoms with Crippen LogP contribution in [0.15, 0.2) is 45.7 Å². The Labute approximate surface area is 115 Å². The Hall–Kier alpha value is -2.56. The summed E-state index contributed by atoms with van der Waals surface area (Å²) in [6, 6.07) is 9.50. The fourth-order valence-corrected chi connectivity index (χ4v) is 1.98. The van der Waals surface area contributed by atoms with Crippen molar-refractivity contribution in [3.05, 3.63) is 52.6 Å². The summed E-state index contributed by atoms with van der Waals surface area (Å²) < 4.78 is 10.9. The molecular weight excluding hydrogens is 256 g/mol. The number of oxazole rings is 1. The SMILES string of the molecule is CC(C)c1cccc(Oc2ccnc3[nH]c(=O)oc23)c1. The summed E-state index contributed by atoms with van der Waals surface area (Å²) in [7, 11) is 0. The lowest BCUT2D eigenvalue weighted by atomic mass is 10.0. The zero-order chi connectivity index (χ0) is 14.1. The van der Waals surface area contributed by atoms with E-state index in [9.17, 15) is 4.79 Å². The van der Waals surface area contributed by atoms with Crippen LogP contribution in [0.2, 0.25) is 0 Å². The number of hydrogen-bond donors (Lipinski definition) is 1. The van der Waals surface area contributed by atoms with Crippen LogP contribution < -0.4 is 10.5 Å². The van der Waals surface area contributed by atoms with Crippen LogP contribution in [0.3, 0.4) is 0 Å². The van der Waals surface area contributed by atoms with Gasteiger partial charge in [-0.15, -0.1) is 0 Å². The molecule has 0 bridgehead atoms. The minimum atomic E-state index is -0.542. The number of benzene rings is 1. The second-order valence-corrected chi connectivity index (χ2v) is 4.83. The summed E-state index contributed by atoms with van der Waals surface area (Å²) in [6.45, 7) is 4.24. The summed E-state index contributed by atoms with van der Waals surface area (Å²) in [5, 5.41) is 0. The first-order valence-electron chi connectivity index (χ1n) is 6.39. The molecule has 0 amide bonds. The van der Waals surface area contributed by atoms with Gasteiger partial charge in [-0.2, -0.15) is 0 Å². The van der Waals surface area contributed by atoms with Gasteiger partial charge in [0.1, 0.15) is 5.75 Å². The first-order chi connectivity index (χ1) is 9.63. The molecule has 1 aromatic carbocycles. The highest BCUT2D eigenvalue weighted by Gasteiger charge is 2.10. The number of aromatic nitrogens is 2. The predicted molar refractivity (Wildman–Crippen MR) is 75.2 cm³/mol. The average Bonchev–Trinajstić information content (AvgIpc) is 2.80. The Bertz CT molecular complexity index is 802. The van der Waals surface area contributed by atoms with Crippen LogP contribution in [0.5, 0.6) is 11.5 Å². The van der Waals surface area contributed by atoms with Crippen molar-refractivity contribution >= 4 is 11.2 Å². The third-order valence-electron chi connectivity index (χ3n) is 3.04. The van der Waals surface area contributed by atoms with Crippen molar-refractivity contribution in [3.63, 3.8) is 0 Å². The van der Waals surface area contributed by atoms with Crippen LogP contribution in [-0.4, -0.2) is 9.97 Å². The zero-order valence-electron chi connectivity index (χ0n) is 11.2. The number of nitrogens with one attached hydrogen (secondary N) is 1. The topological polar surface area (TPSA) is 68.1 Å². The van der Waals surface area contributed by atoms with Gasteiger partial charge in [0.05, 0.1) is 0 Å². The average molecular weight is 270 g/mol. The van der Waals surface area contributed by atoms with Crippen LogP contribution in [-0.2, 0) is 0 Å². The molecule has 0 saturated carbocycles. The number of pyridine rings is 1. The van der Waals surface area contributed by atoms with Gasteiger partial charge in [-0.25, -0.2) is 9.78 Å². The van der Waals surface area contributed by atoms with Gasteiger partial charge < -0.3 is 9.15 Å². The van der Waals surface area contributed by atoms with Crippen molar-refractivity contribution in [1.82, 2.24) is 9.97 Å². The standard InChI is InChI=1S/C15H14N2O3/c1-9(2)10-4-3-5-11(8-10)19-12-6-7-16-14-13(12)20-15(18)17-14/h3-9H,1-2H3,(H,16,17,18). The predicted octanol–water partition coefficient (Wildman–Crippen LogP) is 3.43. The van der Waals surface area contributed by atoms with E-state index in [1.165, 1.54) is 5.56 Å². The molecule has 0 aliphatic heterocycles. The minimum Gasteiger partial charge on any atom is -0.453 e. The van der Waals surface area contributed by atoms with Crippen LogP contribution in [0.25, 0.3) is 11.2 Å². The summed E-state index contributed by atoms with van der Waals surface area (Å²) in [4.78, 5) is 17.7. The van der Waals surface area contributed by atoms with E-state index in [1.807, 2.05) is 18.2 Å². The molecule has 3 aromatic rings. The molecule has 0 aliphatic rings. The molecule has 5 nitrogen and oxygen atoms in total. The number of H-pyrrole nitrogens is 1. The molecule has 0 radical (unpaired) electrons. The third kappa shape index (κ3) is 2.30. The number of hydrogen-bond acceptors (Lipinski definition) is 4. The number of fused-ring (bicyclic) bond motifs is 1. The smallest absolute Gasteiger partial charge is 0.418 e. The molecule has 0 fully saturated rings. The van der Waals surface area contributed by atoms with Crippen molar-refractivity contribution in [2.45, 2.75) is 19.8 Å². The molecule has 20 heavy (non-hydrogen) atoms. The van der Waals surface area contributed by atoms with Gasteiger partial charge in [0.2, 0.25) is 5.58 Å². The van der Waals surface area contributed by atoms with Gasteiger partial charge in [-0.3, -0.25) is 4.98 Å². The lowest BCUT2D eigenvalue weighted by molar-refractivity contribution is 0.465. The first-order valence-corrected chi connectivity index (χ1v) is 6.39. The molecule has 3 rings (SSSR count). The van der Waals surface area contributed by atoms with Gasteiger partial charge in [0, 0.05) is 12.3 Å². The monoisotopic (exact) mass is 270 g/mol. The summed E-state index contributed by atoms with van der Waals surface area (Å²) in [5.74, 6) is 1.04. The molecule has 0 atom stereocenters. The second kappa shape index (κ2) is 4.85. The van der Waals surface area contributed by atoms with Crippen LogP contribution in [0.1, 0.15) is 25.3 Å². The molecule has 1 N–H and O–H groups in total. The Morgan fingerprint density at radius 2 is 2.15 bits per heavy atom. The largest absolute Gasteiger partial charge is 0.453 e. The van der Waals surface area contributed by atoms with E-state index >= 15 is 0 Å². The molecule has 0 aliphatic carbocycles. The molecule has 0 spiro atoms. The fraction of sp³-hybridized carbons (Fsp3) is 0.200. The van der Waals surface area contributed by atoms with E-state index in [4.69, 9.17) is 9.15 Å². The van der Waals surface area contributed by atoms with Crippen LogP contribution in [0.4, 0.5) is 0 Å². The van der Waals surface area contributed by atoms with Crippen LogP contribution in [0, 0.1) is 0 Å². The number of nitrogens with zero attached hydrogens (tertiary/aromatic N) is 1. The van der Waals surface area contributed by atoms with Gasteiger partial charge in [0.25, 0.3) is 0 Å². The Morgan fingerprint density at radius 3 is 2.95 bits per heavy atom. The maximum atomic E-state index is 11.2. The molecule has 0 saturated heterocycles. The second-order valence-electron chi connectivity index (χ2n) is 4.83. The highest BCUT2D eigenvalue weighted by Crippen LogP contribution is 2.29. The van der Waals surface area contributed by atoms with Crippen molar-refractivity contribution < 1.29 is 9.15 Å². The van der Waals surface area contributed by atoms with E-state index in [2.05, 4.69) is 29.9 Å². The molecule has 5 heteroatoms. The Morgan fingerprint density at radius 1 is 1.30 bits per heavy atom. The van der Waals surface area contributed by atoms with E-state index in [0.717, 1.165) is 0 Å². The molecule has 2 aromatic heterocycles. The van der Waals surface area contributed by atoms with Crippen molar-refractivity contribution in [3.8, 4) is 11.5 Å². The first kappa shape index (κ1) is 12.5. The molecular formula is C15H14N2O3. The summed E-state index contributed by atoms with van der Waals surface area (Å²) >= 11 is 0. The number of ether oxygens (including phenoxy) is 1. The lowest BCUT2D eigenvalue weighted by Crippen LogP contribution is -1.93. The van der Waals surface area contributed by atoms with Gasteiger partial charge in [0.15, 0.2) is 11.4 Å². The molecule has 102 valence electrons. The zero-order valence-corrected chi connectivity index (χ0v) is 11.2. The summed E-state index contributed by atoms with van der Waals surface area (Å²) in [6.07, 6.45) is 1.56. The minimum absolute atomic E-state index is 0.326. The van der Waals surface area contributed by atoms with E-state index in [-0.39, 0.29) is 0 Å². The Balaban J connectivity index is 2.01. The van der Waals surface area contributed by atoms with Crippen molar-refractivity contribution in [1.29, 1.82) is 0 Å². The Kier molecular flexibility index (Phi) is 3.02. The highest BCUT2D eigenvalue weighted by atomic mass is 16.5. The van der Waals surface area contributed by atoms with E-state index < -0.39 is 5.76 Å². The maximum Gasteiger partial charge on any atom is 0.418 e. The lowest BCUT2D eigenvalue weighted by Gasteiger charge is -2.09. The van der Waals surface area contributed by atoms with Crippen molar-refractivity contribution in [2.75, 3.05) is 0 Å². The fourth-order valence-electron chi connectivity index (χ4n) is 1.98. The number of aromatic amines is 1.